The van der Waals surface area contributed by atoms with Crippen LogP contribution in [-0.2, 0) is 32.7 Å². The minimum atomic E-state index is -4.40. The third-order valence-corrected chi connectivity index (χ3v) is 11.8. The molecule has 0 fully saturated rings. The van der Waals surface area contributed by atoms with Crippen LogP contribution in [0.4, 0.5) is 0 Å². The molecule has 0 aliphatic heterocycles. The molecule has 0 bridgehead atoms. The molecule has 0 spiro atoms. The molecule has 69 heavy (non-hydrogen) atoms. The Morgan fingerprint density at radius 2 is 0.797 bits per heavy atom. The highest BCUT2D eigenvalue weighted by Crippen LogP contribution is 2.43. The van der Waals surface area contributed by atoms with Gasteiger partial charge in [0.1, 0.15) is 6.61 Å². The van der Waals surface area contributed by atoms with Crippen LogP contribution < -0.4 is 5.73 Å². The zero-order valence-corrected chi connectivity index (χ0v) is 44.4. The number of hydrogen-bond acceptors (Lipinski definition) is 8. The number of esters is 2. The molecule has 2 atom stereocenters. The summed E-state index contributed by atoms with van der Waals surface area (Å²) in [4.78, 5) is 35.1. The molecule has 0 amide bonds. The van der Waals surface area contributed by atoms with Gasteiger partial charge in [-0.25, -0.2) is 4.57 Å². The first kappa shape index (κ1) is 65.4. The summed E-state index contributed by atoms with van der Waals surface area (Å²) in [6.07, 6.45) is 73.9. The lowest BCUT2D eigenvalue weighted by Gasteiger charge is -2.19. The van der Waals surface area contributed by atoms with Gasteiger partial charge in [0.05, 0.1) is 13.2 Å². The molecule has 0 aromatic heterocycles. The minimum absolute atomic E-state index is 0.0425. The summed E-state index contributed by atoms with van der Waals surface area (Å²) in [5.74, 6) is -0.869. The average molecular weight is 980 g/mol. The van der Waals surface area contributed by atoms with E-state index in [1.165, 1.54) is 44.9 Å². The number of carbonyl (C=O) groups is 2. The van der Waals surface area contributed by atoms with Crippen LogP contribution >= 0.6 is 7.82 Å². The van der Waals surface area contributed by atoms with Gasteiger partial charge in [0, 0.05) is 19.4 Å². The van der Waals surface area contributed by atoms with Crippen LogP contribution in [0.5, 0.6) is 0 Å². The first-order valence-electron chi connectivity index (χ1n) is 27.0. The highest BCUT2D eigenvalue weighted by atomic mass is 31.2. The van der Waals surface area contributed by atoms with Gasteiger partial charge >= 0.3 is 19.8 Å². The number of ether oxygens (including phenoxy) is 2. The summed E-state index contributed by atoms with van der Waals surface area (Å²) in [6, 6.07) is 0. The van der Waals surface area contributed by atoms with E-state index in [4.69, 9.17) is 24.3 Å². The van der Waals surface area contributed by atoms with Crippen molar-refractivity contribution in [2.75, 3.05) is 26.4 Å². The van der Waals surface area contributed by atoms with Gasteiger partial charge < -0.3 is 20.1 Å². The van der Waals surface area contributed by atoms with Crippen LogP contribution in [0.2, 0.25) is 0 Å². The lowest BCUT2D eigenvalue weighted by molar-refractivity contribution is -0.161. The molecule has 0 radical (unpaired) electrons. The van der Waals surface area contributed by atoms with Gasteiger partial charge in [0.25, 0.3) is 0 Å². The molecule has 10 heteroatoms. The Morgan fingerprint density at radius 3 is 1.20 bits per heavy atom. The molecule has 0 aromatic rings. The molecule has 0 aliphatic carbocycles. The summed E-state index contributed by atoms with van der Waals surface area (Å²) in [5, 5.41) is 0. The summed E-state index contributed by atoms with van der Waals surface area (Å²) >= 11 is 0. The lowest BCUT2D eigenvalue weighted by atomic mass is 10.1. The number of nitrogens with two attached hydrogens (primary N) is 1. The van der Waals surface area contributed by atoms with E-state index in [-0.39, 0.29) is 32.6 Å². The molecule has 0 saturated heterocycles. The molecule has 0 aromatic carbocycles. The summed E-state index contributed by atoms with van der Waals surface area (Å²) in [6.45, 7) is 3.57. The third kappa shape index (κ3) is 53.6. The minimum Gasteiger partial charge on any atom is -0.462 e. The number of rotatable bonds is 49. The number of hydrogen-bond donors (Lipinski definition) is 2. The standard InChI is InChI=1S/C59H98NO8P/c1-3-5-7-9-11-13-15-17-19-20-21-22-23-24-25-26-27-28-29-30-31-32-33-34-35-36-38-40-42-44-46-48-50-52-59(62)68-57(56-67-69(63,64)66-54-53-60)55-65-58(61)51-49-47-45-43-41-39-37-18-16-14-12-10-8-6-4-2/h5,7,11,13,17-19,21-22,24-25,27-28,30-31,33-34,36-38,57H,3-4,6,8-10,12,14-16,20,23,26,29,32,35,39-56,60H2,1-2H3,(H,63,64)/b7-5-,13-11-,19-17-,22-21-,25-24-,28-27-,31-30-,34-33-,37-18-,38-36-. The average Bonchev–Trinajstić information content (AvgIpc) is 3.34. The van der Waals surface area contributed by atoms with Crippen molar-refractivity contribution in [3.63, 3.8) is 0 Å². The van der Waals surface area contributed by atoms with E-state index in [0.717, 1.165) is 122 Å². The van der Waals surface area contributed by atoms with Crippen molar-refractivity contribution in [3.05, 3.63) is 122 Å². The van der Waals surface area contributed by atoms with Crippen LogP contribution in [-0.4, -0.2) is 49.3 Å². The molecule has 0 heterocycles. The molecule has 9 nitrogen and oxygen atoms in total. The van der Waals surface area contributed by atoms with Gasteiger partial charge in [-0.05, 0) is 109 Å². The maximum Gasteiger partial charge on any atom is 0.472 e. The molecule has 3 N–H and O–H groups in total. The Balaban J connectivity index is 4.10. The highest BCUT2D eigenvalue weighted by Gasteiger charge is 2.26. The molecular formula is C59H98NO8P. The third-order valence-electron chi connectivity index (χ3n) is 10.8. The fourth-order valence-corrected chi connectivity index (χ4v) is 7.62. The van der Waals surface area contributed by atoms with Crippen molar-refractivity contribution < 1.29 is 37.6 Å². The van der Waals surface area contributed by atoms with Crippen molar-refractivity contribution in [3.8, 4) is 0 Å². The lowest BCUT2D eigenvalue weighted by Crippen LogP contribution is -2.29. The number of phosphoric ester groups is 1. The quantitative estimate of drug-likeness (QED) is 0.0264. The van der Waals surface area contributed by atoms with E-state index in [2.05, 4.69) is 135 Å². The molecule has 0 aliphatic rings. The normalized spacial score (nSPS) is 14.1. The Kier molecular flexibility index (Phi) is 51.0. The number of carbonyl (C=O) groups excluding carboxylic acids is 2. The number of phosphoric acid groups is 1. The van der Waals surface area contributed by atoms with Gasteiger partial charge in [-0.3, -0.25) is 18.6 Å². The first-order chi connectivity index (χ1) is 33.8. The van der Waals surface area contributed by atoms with Crippen LogP contribution in [0, 0.1) is 0 Å². The predicted octanol–water partition coefficient (Wildman–Crippen LogP) is 16.8. The van der Waals surface area contributed by atoms with Crippen LogP contribution in [0.3, 0.4) is 0 Å². The Labute approximate surface area is 421 Å². The zero-order chi connectivity index (χ0) is 50.2. The van der Waals surface area contributed by atoms with Crippen LogP contribution in [0.15, 0.2) is 122 Å². The summed E-state index contributed by atoms with van der Waals surface area (Å²) in [7, 11) is -4.40. The molecule has 392 valence electrons. The van der Waals surface area contributed by atoms with Gasteiger partial charge in [0.15, 0.2) is 6.10 Å². The molecule has 0 saturated carbocycles. The fourth-order valence-electron chi connectivity index (χ4n) is 6.86. The first-order valence-corrected chi connectivity index (χ1v) is 28.5. The van der Waals surface area contributed by atoms with E-state index in [1.54, 1.807) is 0 Å². The molecule has 2 unspecified atom stereocenters. The van der Waals surface area contributed by atoms with Crippen LogP contribution in [0.1, 0.15) is 206 Å². The SMILES string of the molecule is CC/C=C\C/C=C\C/C=C\C/C=C\C/C=C\C/C=C\C/C=C\C/C=C\C/C=C\CCCCCCCC(=O)OC(COC(=O)CCCCCCC/C=C\CCCCCCCC)COP(=O)(O)OCCN. The van der Waals surface area contributed by atoms with Gasteiger partial charge in [-0.1, -0.05) is 206 Å². The second-order valence-electron chi connectivity index (χ2n) is 17.4. The van der Waals surface area contributed by atoms with E-state index >= 15 is 0 Å². The Morgan fingerprint density at radius 1 is 0.449 bits per heavy atom. The van der Waals surface area contributed by atoms with E-state index in [0.29, 0.717) is 12.8 Å². The van der Waals surface area contributed by atoms with E-state index in [9.17, 15) is 19.0 Å². The monoisotopic (exact) mass is 980 g/mol. The van der Waals surface area contributed by atoms with Crippen LogP contribution in [0.25, 0.3) is 0 Å². The van der Waals surface area contributed by atoms with E-state index < -0.39 is 32.5 Å². The van der Waals surface area contributed by atoms with Gasteiger partial charge in [0.2, 0.25) is 0 Å². The Bertz CT molecular complexity index is 1540. The zero-order valence-electron chi connectivity index (χ0n) is 43.5. The number of allylic oxidation sites excluding steroid dienone is 20. The second kappa shape index (κ2) is 53.8. The largest absolute Gasteiger partial charge is 0.472 e. The Hall–Kier alpha value is -3.59. The fraction of sp³-hybridized carbons (Fsp3) is 0.627. The summed E-state index contributed by atoms with van der Waals surface area (Å²) in [5.41, 5.74) is 5.37. The van der Waals surface area contributed by atoms with Gasteiger partial charge in [-0.15, -0.1) is 0 Å². The van der Waals surface area contributed by atoms with Crippen molar-refractivity contribution in [1.29, 1.82) is 0 Å². The van der Waals surface area contributed by atoms with Crippen molar-refractivity contribution in [2.24, 2.45) is 5.73 Å². The smallest absolute Gasteiger partial charge is 0.462 e. The van der Waals surface area contributed by atoms with Crippen molar-refractivity contribution in [2.45, 2.75) is 213 Å². The molecular weight excluding hydrogens is 882 g/mol. The predicted molar refractivity (Wildman–Crippen MR) is 293 cm³/mol. The molecule has 0 rings (SSSR count). The highest BCUT2D eigenvalue weighted by molar-refractivity contribution is 7.47. The maximum absolute atomic E-state index is 12.7. The second-order valence-corrected chi connectivity index (χ2v) is 18.8. The maximum atomic E-state index is 12.7. The van der Waals surface area contributed by atoms with E-state index in [1.807, 2.05) is 0 Å². The topological polar surface area (TPSA) is 134 Å². The number of unbranched alkanes of at least 4 members (excludes halogenated alkanes) is 16. The van der Waals surface area contributed by atoms with Gasteiger partial charge in [-0.2, -0.15) is 0 Å². The van der Waals surface area contributed by atoms with Crippen molar-refractivity contribution in [1.82, 2.24) is 0 Å². The van der Waals surface area contributed by atoms with Crippen molar-refractivity contribution >= 4 is 19.8 Å². The summed E-state index contributed by atoms with van der Waals surface area (Å²) < 4.78 is 32.9.